The maximum Gasteiger partial charge on any atom is -0.00930 e. The van der Waals surface area contributed by atoms with E-state index < -0.39 is 0 Å². The third-order valence-corrected chi connectivity index (χ3v) is 8.19. The average molecular weight is 537 g/mol. The van der Waals surface area contributed by atoms with Gasteiger partial charge in [0, 0.05) is 0 Å². The maximum absolute atomic E-state index is 2.30. The molecule has 42 heavy (non-hydrogen) atoms. The van der Waals surface area contributed by atoms with Crippen molar-refractivity contribution in [3.8, 4) is 22.3 Å². The van der Waals surface area contributed by atoms with Crippen LogP contribution in [0.4, 0.5) is 0 Å². The van der Waals surface area contributed by atoms with Crippen molar-refractivity contribution in [2.75, 3.05) is 0 Å². The summed E-state index contributed by atoms with van der Waals surface area (Å²) >= 11 is 0. The molecule has 0 heterocycles. The summed E-state index contributed by atoms with van der Waals surface area (Å²) in [7, 11) is 0. The molecular weight excluding hydrogens is 504 g/mol. The van der Waals surface area contributed by atoms with Gasteiger partial charge in [0.25, 0.3) is 0 Å². The zero-order valence-corrected chi connectivity index (χ0v) is 24.0. The van der Waals surface area contributed by atoms with Gasteiger partial charge >= 0.3 is 0 Å². The van der Waals surface area contributed by atoms with Crippen molar-refractivity contribution in [3.05, 3.63) is 190 Å². The highest BCUT2D eigenvalue weighted by Crippen LogP contribution is 2.45. The Bertz CT molecular complexity index is 1890. The smallest absolute Gasteiger partial charge is 0.00930 e. The number of hydrogen-bond donors (Lipinski definition) is 0. The van der Waals surface area contributed by atoms with E-state index in [2.05, 4.69) is 172 Å². The number of hydrogen-bond acceptors (Lipinski definition) is 0. The van der Waals surface area contributed by atoms with Crippen LogP contribution in [0.3, 0.4) is 0 Å². The molecule has 0 spiro atoms. The minimum Gasteiger partial charge on any atom is -0.0616 e. The molecule has 0 radical (unpaired) electrons. The summed E-state index contributed by atoms with van der Waals surface area (Å²) in [5.41, 5.74) is 18.4. The van der Waals surface area contributed by atoms with Crippen LogP contribution in [0.1, 0.15) is 44.5 Å². The second-order valence-corrected chi connectivity index (χ2v) is 11.1. The normalized spacial score (nSPS) is 12.0. The van der Waals surface area contributed by atoms with Crippen LogP contribution in [0.25, 0.3) is 45.6 Å². The lowest BCUT2D eigenvalue weighted by Crippen LogP contribution is -1.82. The molecule has 0 bridgehead atoms. The van der Waals surface area contributed by atoms with Crippen LogP contribution in [0, 0.1) is 13.8 Å². The van der Waals surface area contributed by atoms with Gasteiger partial charge in [-0.2, -0.15) is 0 Å². The molecule has 2 aliphatic carbocycles. The van der Waals surface area contributed by atoms with E-state index in [1.807, 2.05) is 0 Å². The maximum atomic E-state index is 2.30. The Morgan fingerprint density at radius 3 is 1.10 bits per heavy atom. The van der Waals surface area contributed by atoms with E-state index in [-0.39, 0.29) is 0 Å². The monoisotopic (exact) mass is 536 g/mol. The molecule has 0 unspecified atom stereocenters. The first kappa shape index (κ1) is 25.7. The second kappa shape index (κ2) is 11.0. The summed E-state index contributed by atoms with van der Waals surface area (Å²) in [6, 6.07) is 52.0. The lowest BCUT2D eigenvalue weighted by molar-refractivity contribution is 1.46. The topological polar surface area (TPSA) is 0 Å². The van der Waals surface area contributed by atoms with Crippen LogP contribution in [-0.2, 0) is 0 Å². The third kappa shape index (κ3) is 4.82. The van der Waals surface area contributed by atoms with Crippen LogP contribution < -0.4 is 0 Å². The summed E-state index contributed by atoms with van der Waals surface area (Å²) in [5.74, 6) is 0. The van der Waals surface area contributed by atoms with Crippen molar-refractivity contribution < 1.29 is 0 Å². The minimum atomic E-state index is 1.25. The van der Waals surface area contributed by atoms with Gasteiger partial charge in [-0.05, 0) is 92.8 Å². The summed E-state index contributed by atoms with van der Waals surface area (Å²) in [6.07, 6.45) is 4.60. The number of rotatable bonds is 2. The quantitative estimate of drug-likeness (QED) is 0.206. The second-order valence-electron chi connectivity index (χ2n) is 11.1. The van der Waals surface area contributed by atoms with Crippen LogP contribution in [-0.4, -0.2) is 0 Å². The molecule has 0 aliphatic heterocycles. The van der Waals surface area contributed by atoms with E-state index in [9.17, 15) is 0 Å². The van der Waals surface area contributed by atoms with E-state index in [1.165, 1.54) is 77.9 Å². The predicted molar refractivity (Wildman–Crippen MR) is 180 cm³/mol. The molecule has 0 atom stereocenters. The van der Waals surface area contributed by atoms with Crippen LogP contribution in [0.2, 0.25) is 0 Å². The minimum absolute atomic E-state index is 1.25. The summed E-state index contributed by atoms with van der Waals surface area (Å²) in [4.78, 5) is 0. The Balaban J connectivity index is 0.000000137. The Labute approximate surface area is 249 Å². The highest BCUT2D eigenvalue weighted by Gasteiger charge is 2.23. The Morgan fingerprint density at radius 1 is 0.310 bits per heavy atom. The zero-order chi connectivity index (χ0) is 28.5. The van der Waals surface area contributed by atoms with Gasteiger partial charge < -0.3 is 0 Å². The molecule has 0 saturated heterocycles. The van der Waals surface area contributed by atoms with Gasteiger partial charge in [0.1, 0.15) is 0 Å². The zero-order valence-electron chi connectivity index (χ0n) is 24.0. The third-order valence-electron chi connectivity index (χ3n) is 8.19. The number of aryl methyl sites for hydroxylation is 2. The summed E-state index contributed by atoms with van der Waals surface area (Å²) in [5, 5.41) is 0. The van der Waals surface area contributed by atoms with Crippen LogP contribution in [0.5, 0.6) is 0 Å². The largest absolute Gasteiger partial charge is 0.0616 e. The van der Waals surface area contributed by atoms with Crippen molar-refractivity contribution in [2.24, 2.45) is 0 Å². The lowest BCUT2D eigenvalue weighted by atomic mass is 10.0. The molecule has 0 aromatic heterocycles. The molecule has 0 heteroatoms. The lowest BCUT2D eigenvalue weighted by Gasteiger charge is -2.03. The van der Waals surface area contributed by atoms with E-state index in [0.29, 0.717) is 0 Å². The number of fused-ring (bicyclic) bond motifs is 6. The van der Waals surface area contributed by atoms with Crippen molar-refractivity contribution in [3.63, 3.8) is 0 Å². The average Bonchev–Trinajstić information content (AvgIpc) is 3.52. The summed E-state index contributed by atoms with van der Waals surface area (Å²) in [6.45, 7) is 4.26. The first-order valence-corrected chi connectivity index (χ1v) is 14.6. The van der Waals surface area contributed by atoms with Gasteiger partial charge in [-0.1, -0.05) is 157 Å². The van der Waals surface area contributed by atoms with E-state index in [1.54, 1.807) is 0 Å². The van der Waals surface area contributed by atoms with E-state index in [0.717, 1.165) is 0 Å². The van der Waals surface area contributed by atoms with Gasteiger partial charge in [-0.3, -0.25) is 0 Å². The van der Waals surface area contributed by atoms with Crippen LogP contribution in [0.15, 0.2) is 146 Å². The Morgan fingerprint density at radius 2 is 0.690 bits per heavy atom. The van der Waals surface area contributed by atoms with Gasteiger partial charge in [0.05, 0.1) is 0 Å². The molecule has 0 saturated carbocycles. The molecule has 0 nitrogen and oxygen atoms in total. The van der Waals surface area contributed by atoms with Gasteiger partial charge in [0.15, 0.2) is 0 Å². The van der Waals surface area contributed by atoms with Gasteiger partial charge in [0.2, 0.25) is 0 Å². The SMILES string of the molecule is Cc1ccc(C=C2c3ccccc3-c3ccccc32)cc1.Cc1cccc(C=C2c3ccccc3-c3ccccc32)c1. The Kier molecular flexibility index (Phi) is 6.74. The van der Waals surface area contributed by atoms with E-state index in [4.69, 9.17) is 0 Å². The number of benzene rings is 6. The van der Waals surface area contributed by atoms with Crippen molar-refractivity contribution in [1.29, 1.82) is 0 Å². The Hall–Kier alpha value is -5.20. The van der Waals surface area contributed by atoms with Crippen molar-refractivity contribution in [1.82, 2.24) is 0 Å². The molecule has 6 aromatic carbocycles. The van der Waals surface area contributed by atoms with Crippen LogP contribution >= 0.6 is 0 Å². The molecule has 2 aliphatic rings. The molecule has 0 fully saturated rings. The van der Waals surface area contributed by atoms with Crippen molar-refractivity contribution >= 4 is 23.3 Å². The fourth-order valence-corrected chi connectivity index (χ4v) is 6.17. The molecule has 0 amide bonds. The fourth-order valence-electron chi connectivity index (χ4n) is 6.17. The standard InChI is InChI=1S/2C21H16/c1-15-7-6-8-16(13-15)14-21-19-11-4-2-9-17(19)18-10-3-5-12-20(18)21;1-15-10-12-16(13-11-15)14-21-19-8-4-2-6-17(19)18-7-3-5-9-20(18)21/h2*2-14H,1H3. The highest BCUT2D eigenvalue weighted by molar-refractivity contribution is 6.07. The predicted octanol–water partition coefficient (Wildman–Crippen LogP) is 11.1. The van der Waals surface area contributed by atoms with Gasteiger partial charge in [-0.15, -0.1) is 0 Å². The first-order valence-electron chi connectivity index (χ1n) is 14.6. The molecule has 6 aromatic rings. The van der Waals surface area contributed by atoms with Crippen molar-refractivity contribution in [2.45, 2.75) is 13.8 Å². The first-order chi connectivity index (χ1) is 20.7. The fraction of sp³-hybridized carbons (Fsp3) is 0.0476. The summed E-state index contributed by atoms with van der Waals surface area (Å²) < 4.78 is 0. The molecular formula is C42H32. The molecule has 200 valence electrons. The van der Waals surface area contributed by atoms with E-state index >= 15 is 0 Å². The molecule has 8 rings (SSSR count). The van der Waals surface area contributed by atoms with Gasteiger partial charge in [-0.25, -0.2) is 0 Å². The highest BCUT2D eigenvalue weighted by atomic mass is 14.3. The molecule has 0 N–H and O–H groups in total.